The summed E-state index contributed by atoms with van der Waals surface area (Å²) in [6.07, 6.45) is 3.72. The SMILES string of the molecule is CC1(C)C(C=Cc2ccc(O)c(C(=O)O)c2)=Nc2ccccc21. The number of fused-ring (bicyclic) bond motifs is 1. The average Bonchev–Trinajstić information content (AvgIpc) is 2.77. The highest BCUT2D eigenvalue weighted by molar-refractivity contribution is 6.10. The van der Waals surface area contributed by atoms with Crippen LogP contribution in [0, 0.1) is 0 Å². The van der Waals surface area contributed by atoms with Crippen LogP contribution >= 0.6 is 0 Å². The van der Waals surface area contributed by atoms with Crippen LogP contribution in [0.2, 0.25) is 0 Å². The van der Waals surface area contributed by atoms with Crippen LogP contribution < -0.4 is 0 Å². The highest BCUT2D eigenvalue weighted by atomic mass is 16.4. The number of nitrogens with zero attached hydrogens (tertiary/aromatic N) is 1. The van der Waals surface area contributed by atoms with E-state index in [2.05, 4.69) is 24.9 Å². The van der Waals surface area contributed by atoms with E-state index < -0.39 is 5.97 Å². The van der Waals surface area contributed by atoms with E-state index in [1.165, 1.54) is 17.7 Å². The number of allylic oxidation sites excluding steroid dienone is 1. The average molecular weight is 307 g/mol. The van der Waals surface area contributed by atoms with E-state index in [0.717, 1.165) is 11.4 Å². The van der Waals surface area contributed by atoms with Crippen LogP contribution in [-0.2, 0) is 5.41 Å². The van der Waals surface area contributed by atoms with Gasteiger partial charge in [-0.25, -0.2) is 4.79 Å². The lowest BCUT2D eigenvalue weighted by Crippen LogP contribution is -2.23. The van der Waals surface area contributed by atoms with E-state index >= 15 is 0 Å². The van der Waals surface area contributed by atoms with E-state index in [1.54, 1.807) is 6.07 Å². The van der Waals surface area contributed by atoms with Gasteiger partial charge in [-0.2, -0.15) is 0 Å². The number of carboxylic acid groups (broad SMARTS) is 1. The van der Waals surface area contributed by atoms with Gasteiger partial charge in [0.1, 0.15) is 11.3 Å². The van der Waals surface area contributed by atoms with Gasteiger partial charge in [0, 0.05) is 5.41 Å². The molecular weight excluding hydrogens is 290 g/mol. The maximum absolute atomic E-state index is 11.1. The summed E-state index contributed by atoms with van der Waals surface area (Å²) in [5.41, 5.74) is 3.46. The molecule has 0 aliphatic carbocycles. The molecule has 1 aliphatic heterocycles. The van der Waals surface area contributed by atoms with Crippen molar-refractivity contribution < 1.29 is 15.0 Å². The first-order chi connectivity index (χ1) is 10.9. The Morgan fingerprint density at radius 1 is 1.13 bits per heavy atom. The molecule has 2 N–H and O–H groups in total. The Labute approximate surface area is 134 Å². The zero-order chi connectivity index (χ0) is 16.6. The van der Waals surface area contributed by atoms with Gasteiger partial charge in [0.25, 0.3) is 0 Å². The maximum Gasteiger partial charge on any atom is 0.339 e. The van der Waals surface area contributed by atoms with Gasteiger partial charge in [-0.05, 0) is 35.4 Å². The van der Waals surface area contributed by atoms with Crippen LogP contribution in [0.3, 0.4) is 0 Å². The molecule has 0 unspecified atom stereocenters. The van der Waals surface area contributed by atoms with Gasteiger partial charge >= 0.3 is 5.97 Å². The number of aromatic hydroxyl groups is 1. The summed E-state index contributed by atoms with van der Waals surface area (Å²) in [4.78, 5) is 15.7. The summed E-state index contributed by atoms with van der Waals surface area (Å²) in [6.45, 7) is 4.23. The van der Waals surface area contributed by atoms with Gasteiger partial charge in [-0.15, -0.1) is 0 Å². The highest BCUT2D eigenvalue weighted by Gasteiger charge is 2.32. The minimum absolute atomic E-state index is 0.108. The molecule has 3 rings (SSSR count). The Hall–Kier alpha value is -2.88. The molecule has 0 saturated heterocycles. The number of carbonyl (C=O) groups is 1. The maximum atomic E-state index is 11.1. The molecule has 4 heteroatoms. The molecule has 0 radical (unpaired) electrons. The van der Waals surface area contributed by atoms with Gasteiger partial charge in [0.05, 0.1) is 11.4 Å². The molecule has 0 saturated carbocycles. The summed E-state index contributed by atoms with van der Waals surface area (Å²) < 4.78 is 0. The fourth-order valence-electron chi connectivity index (χ4n) is 2.76. The predicted molar refractivity (Wildman–Crippen MR) is 90.7 cm³/mol. The number of aliphatic imine (C=N–C) groups is 1. The third kappa shape index (κ3) is 2.63. The smallest absolute Gasteiger partial charge is 0.339 e. The number of phenols is 1. The van der Waals surface area contributed by atoms with Crippen LogP contribution in [-0.4, -0.2) is 21.9 Å². The summed E-state index contributed by atoms with van der Waals surface area (Å²) in [5, 5.41) is 18.6. The van der Waals surface area contributed by atoms with E-state index in [4.69, 9.17) is 5.11 Å². The third-order valence-corrected chi connectivity index (χ3v) is 4.14. The van der Waals surface area contributed by atoms with Crippen molar-refractivity contribution in [3.8, 4) is 5.75 Å². The molecule has 0 atom stereocenters. The van der Waals surface area contributed by atoms with Gasteiger partial charge < -0.3 is 10.2 Å². The fraction of sp³-hybridized carbons (Fsp3) is 0.158. The van der Waals surface area contributed by atoms with Crippen LogP contribution in [0.5, 0.6) is 5.75 Å². The van der Waals surface area contributed by atoms with Crippen molar-refractivity contribution in [1.29, 1.82) is 0 Å². The summed E-state index contributed by atoms with van der Waals surface area (Å²) in [7, 11) is 0. The van der Waals surface area contributed by atoms with E-state index in [0.29, 0.717) is 5.56 Å². The van der Waals surface area contributed by atoms with Crippen molar-refractivity contribution in [3.63, 3.8) is 0 Å². The number of benzene rings is 2. The topological polar surface area (TPSA) is 69.9 Å². The standard InChI is InChI=1S/C19H17NO3/c1-19(2)14-5-3-4-6-15(14)20-17(19)10-8-12-7-9-16(21)13(11-12)18(22)23/h3-11,21H,1-2H3,(H,22,23). The molecule has 116 valence electrons. The number of para-hydroxylation sites is 1. The molecule has 1 heterocycles. The van der Waals surface area contributed by atoms with Crippen molar-refractivity contribution >= 4 is 23.4 Å². The molecule has 4 nitrogen and oxygen atoms in total. The van der Waals surface area contributed by atoms with Crippen LogP contribution in [0.1, 0.15) is 35.3 Å². The number of carboxylic acids is 1. The zero-order valence-electron chi connectivity index (χ0n) is 12.9. The fourth-order valence-corrected chi connectivity index (χ4v) is 2.76. The second kappa shape index (κ2) is 5.39. The van der Waals surface area contributed by atoms with Crippen molar-refractivity contribution in [2.24, 2.45) is 4.99 Å². The summed E-state index contributed by atoms with van der Waals surface area (Å²) in [6, 6.07) is 12.5. The van der Waals surface area contributed by atoms with Gasteiger partial charge in [0.2, 0.25) is 0 Å². The minimum atomic E-state index is -1.15. The number of rotatable bonds is 3. The predicted octanol–water partition coefficient (Wildman–Crippen LogP) is 4.17. The number of aromatic carboxylic acids is 1. The van der Waals surface area contributed by atoms with E-state index in [9.17, 15) is 9.90 Å². The first-order valence-corrected chi connectivity index (χ1v) is 7.32. The molecule has 23 heavy (non-hydrogen) atoms. The molecule has 0 spiro atoms. The second-order valence-electron chi connectivity index (χ2n) is 6.05. The lowest BCUT2D eigenvalue weighted by atomic mass is 9.81. The molecule has 0 bridgehead atoms. The molecule has 0 amide bonds. The molecule has 2 aromatic rings. The van der Waals surface area contributed by atoms with Gasteiger partial charge in [-0.3, -0.25) is 4.99 Å². The molecular formula is C19H17NO3. The quantitative estimate of drug-likeness (QED) is 0.894. The minimum Gasteiger partial charge on any atom is -0.507 e. The normalized spacial score (nSPS) is 15.5. The number of hydrogen-bond acceptors (Lipinski definition) is 3. The second-order valence-corrected chi connectivity index (χ2v) is 6.05. The molecule has 0 aromatic heterocycles. The largest absolute Gasteiger partial charge is 0.507 e. The lowest BCUT2D eigenvalue weighted by Gasteiger charge is -2.20. The van der Waals surface area contributed by atoms with Gasteiger partial charge in [0.15, 0.2) is 0 Å². The highest BCUT2D eigenvalue weighted by Crippen LogP contribution is 2.40. The Morgan fingerprint density at radius 3 is 2.57 bits per heavy atom. The molecule has 1 aliphatic rings. The first kappa shape index (κ1) is 15.0. The van der Waals surface area contributed by atoms with Crippen LogP contribution in [0.25, 0.3) is 6.08 Å². The van der Waals surface area contributed by atoms with E-state index in [-0.39, 0.29) is 16.7 Å². The first-order valence-electron chi connectivity index (χ1n) is 7.32. The molecule has 0 fully saturated rings. The summed E-state index contributed by atoms with van der Waals surface area (Å²) >= 11 is 0. The molecule has 2 aromatic carbocycles. The van der Waals surface area contributed by atoms with Crippen molar-refractivity contribution in [1.82, 2.24) is 0 Å². The zero-order valence-corrected chi connectivity index (χ0v) is 12.9. The van der Waals surface area contributed by atoms with Crippen LogP contribution in [0.4, 0.5) is 5.69 Å². The number of hydrogen-bond donors (Lipinski definition) is 2. The van der Waals surface area contributed by atoms with Crippen molar-refractivity contribution in [2.45, 2.75) is 19.3 Å². The Morgan fingerprint density at radius 2 is 1.87 bits per heavy atom. The Kier molecular flexibility index (Phi) is 3.52. The van der Waals surface area contributed by atoms with Crippen molar-refractivity contribution in [3.05, 3.63) is 65.2 Å². The van der Waals surface area contributed by atoms with Gasteiger partial charge in [-0.1, -0.05) is 44.2 Å². The Bertz CT molecular complexity index is 847. The lowest BCUT2D eigenvalue weighted by molar-refractivity contribution is 0.0693. The summed E-state index contributed by atoms with van der Waals surface area (Å²) in [5.74, 6) is -1.38. The van der Waals surface area contributed by atoms with Crippen LogP contribution in [0.15, 0.2) is 53.5 Å². The third-order valence-electron chi connectivity index (χ3n) is 4.14. The van der Waals surface area contributed by atoms with Crippen molar-refractivity contribution in [2.75, 3.05) is 0 Å². The Balaban J connectivity index is 1.93. The monoisotopic (exact) mass is 307 g/mol. The van der Waals surface area contributed by atoms with E-state index in [1.807, 2.05) is 30.4 Å².